The number of rotatable bonds is 8. The summed E-state index contributed by atoms with van der Waals surface area (Å²) >= 11 is 0. The van der Waals surface area contributed by atoms with Crippen molar-refractivity contribution in [1.82, 2.24) is 5.32 Å². The van der Waals surface area contributed by atoms with E-state index in [-0.39, 0.29) is 18.9 Å². The van der Waals surface area contributed by atoms with Crippen LogP contribution in [0.25, 0.3) is 0 Å². The molecule has 0 amide bonds. The van der Waals surface area contributed by atoms with Crippen molar-refractivity contribution in [3.63, 3.8) is 0 Å². The third-order valence-corrected chi connectivity index (χ3v) is 2.28. The SMILES string of the molecule is CCOc1ccccc1C(=O)CNCCCO. The summed E-state index contributed by atoms with van der Waals surface area (Å²) in [6, 6.07) is 7.23. The molecule has 0 unspecified atom stereocenters. The monoisotopic (exact) mass is 237 g/mol. The summed E-state index contributed by atoms with van der Waals surface area (Å²) in [4.78, 5) is 11.9. The van der Waals surface area contributed by atoms with Gasteiger partial charge in [-0.15, -0.1) is 0 Å². The van der Waals surface area contributed by atoms with Crippen LogP contribution >= 0.6 is 0 Å². The summed E-state index contributed by atoms with van der Waals surface area (Å²) < 4.78 is 5.40. The first-order valence-electron chi connectivity index (χ1n) is 5.86. The van der Waals surface area contributed by atoms with E-state index in [1.54, 1.807) is 12.1 Å². The van der Waals surface area contributed by atoms with E-state index in [1.165, 1.54) is 0 Å². The third kappa shape index (κ3) is 4.54. The van der Waals surface area contributed by atoms with Crippen LogP contribution in [-0.4, -0.2) is 37.2 Å². The van der Waals surface area contributed by atoms with Gasteiger partial charge in [0.1, 0.15) is 5.75 Å². The number of hydrogen-bond acceptors (Lipinski definition) is 4. The van der Waals surface area contributed by atoms with Crippen molar-refractivity contribution in [3.05, 3.63) is 29.8 Å². The lowest BCUT2D eigenvalue weighted by Gasteiger charge is -2.09. The molecule has 0 aliphatic carbocycles. The number of Topliss-reactive ketones (excluding diaryl/α,β-unsaturated/α-hetero) is 1. The second-order valence-electron chi connectivity index (χ2n) is 3.61. The van der Waals surface area contributed by atoms with Crippen molar-refractivity contribution in [2.45, 2.75) is 13.3 Å². The van der Waals surface area contributed by atoms with Gasteiger partial charge in [-0.25, -0.2) is 0 Å². The fourth-order valence-corrected chi connectivity index (χ4v) is 1.48. The molecule has 1 rings (SSSR count). The third-order valence-electron chi connectivity index (χ3n) is 2.28. The van der Waals surface area contributed by atoms with Crippen molar-refractivity contribution >= 4 is 5.78 Å². The molecule has 0 saturated carbocycles. The molecule has 0 radical (unpaired) electrons. The quantitative estimate of drug-likeness (QED) is 0.527. The van der Waals surface area contributed by atoms with Gasteiger partial charge in [0.2, 0.25) is 0 Å². The van der Waals surface area contributed by atoms with Gasteiger partial charge in [0, 0.05) is 6.61 Å². The second kappa shape index (κ2) is 7.81. The topological polar surface area (TPSA) is 58.6 Å². The first-order valence-corrected chi connectivity index (χ1v) is 5.86. The fourth-order valence-electron chi connectivity index (χ4n) is 1.48. The van der Waals surface area contributed by atoms with Gasteiger partial charge < -0.3 is 15.2 Å². The van der Waals surface area contributed by atoms with E-state index in [0.29, 0.717) is 30.9 Å². The van der Waals surface area contributed by atoms with E-state index < -0.39 is 0 Å². The Morgan fingerprint density at radius 1 is 1.41 bits per heavy atom. The van der Waals surface area contributed by atoms with Crippen LogP contribution in [0.15, 0.2) is 24.3 Å². The van der Waals surface area contributed by atoms with Crippen LogP contribution in [0.1, 0.15) is 23.7 Å². The Morgan fingerprint density at radius 3 is 2.88 bits per heavy atom. The molecular formula is C13H19NO3. The molecule has 17 heavy (non-hydrogen) atoms. The Kier molecular flexibility index (Phi) is 6.29. The van der Waals surface area contributed by atoms with Crippen molar-refractivity contribution in [2.24, 2.45) is 0 Å². The lowest BCUT2D eigenvalue weighted by Crippen LogP contribution is -2.25. The Bertz CT molecular complexity index is 352. The van der Waals surface area contributed by atoms with Gasteiger partial charge in [0.15, 0.2) is 5.78 Å². The minimum absolute atomic E-state index is 0.00647. The fraction of sp³-hybridized carbons (Fsp3) is 0.462. The van der Waals surface area contributed by atoms with Gasteiger partial charge in [-0.05, 0) is 32.0 Å². The number of hydrogen-bond donors (Lipinski definition) is 2. The summed E-state index contributed by atoms with van der Waals surface area (Å²) in [5, 5.41) is 11.6. The highest BCUT2D eigenvalue weighted by atomic mass is 16.5. The Morgan fingerprint density at radius 2 is 2.18 bits per heavy atom. The maximum Gasteiger partial charge on any atom is 0.180 e. The first kappa shape index (κ1) is 13.7. The van der Waals surface area contributed by atoms with Crippen molar-refractivity contribution in [3.8, 4) is 5.75 Å². The molecule has 0 aliphatic heterocycles. The predicted molar refractivity (Wildman–Crippen MR) is 66.5 cm³/mol. The molecular weight excluding hydrogens is 218 g/mol. The number of para-hydroxylation sites is 1. The minimum Gasteiger partial charge on any atom is -0.493 e. The highest BCUT2D eigenvalue weighted by Gasteiger charge is 2.10. The van der Waals surface area contributed by atoms with Crippen molar-refractivity contribution in [1.29, 1.82) is 0 Å². The maximum absolute atomic E-state index is 11.9. The molecule has 4 nitrogen and oxygen atoms in total. The number of carbonyl (C=O) groups excluding carboxylic acids is 1. The van der Waals surface area contributed by atoms with Crippen LogP contribution < -0.4 is 10.1 Å². The number of carbonyl (C=O) groups is 1. The van der Waals surface area contributed by atoms with Crippen LogP contribution in [-0.2, 0) is 0 Å². The zero-order chi connectivity index (χ0) is 12.5. The average molecular weight is 237 g/mol. The molecule has 2 N–H and O–H groups in total. The van der Waals surface area contributed by atoms with Crippen molar-refractivity contribution in [2.75, 3.05) is 26.3 Å². The molecule has 4 heteroatoms. The summed E-state index contributed by atoms with van der Waals surface area (Å²) in [7, 11) is 0. The van der Waals surface area contributed by atoms with E-state index in [4.69, 9.17) is 9.84 Å². The summed E-state index contributed by atoms with van der Waals surface area (Å²) in [6.45, 7) is 3.48. The smallest absolute Gasteiger partial charge is 0.180 e. The van der Waals surface area contributed by atoms with Gasteiger partial charge >= 0.3 is 0 Å². The van der Waals surface area contributed by atoms with E-state index in [1.807, 2.05) is 19.1 Å². The lowest BCUT2D eigenvalue weighted by molar-refractivity contribution is 0.0986. The highest BCUT2D eigenvalue weighted by Crippen LogP contribution is 2.18. The number of ketones is 1. The zero-order valence-electron chi connectivity index (χ0n) is 10.1. The number of aliphatic hydroxyl groups excluding tert-OH is 1. The normalized spacial score (nSPS) is 10.2. The largest absolute Gasteiger partial charge is 0.493 e. The Balaban J connectivity index is 2.55. The predicted octanol–water partition coefficient (Wildman–Crippen LogP) is 1.24. The molecule has 0 spiro atoms. The second-order valence-corrected chi connectivity index (χ2v) is 3.61. The van der Waals surface area contributed by atoms with Gasteiger partial charge in [-0.1, -0.05) is 12.1 Å². The van der Waals surface area contributed by atoms with Crippen LogP contribution in [0.4, 0.5) is 0 Å². The number of benzene rings is 1. The van der Waals surface area contributed by atoms with Crippen LogP contribution in [0.5, 0.6) is 5.75 Å². The van der Waals surface area contributed by atoms with Crippen LogP contribution in [0.2, 0.25) is 0 Å². The van der Waals surface area contributed by atoms with E-state index in [9.17, 15) is 4.79 Å². The molecule has 0 aromatic heterocycles. The number of nitrogens with one attached hydrogen (secondary N) is 1. The number of ether oxygens (including phenoxy) is 1. The van der Waals surface area contributed by atoms with Crippen molar-refractivity contribution < 1.29 is 14.6 Å². The lowest BCUT2D eigenvalue weighted by atomic mass is 10.1. The average Bonchev–Trinajstić information content (AvgIpc) is 2.35. The summed E-state index contributed by atoms with van der Waals surface area (Å²) in [5.74, 6) is 0.635. The maximum atomic E-state index is 11.9. The van der Waals surface area contributed by atoms with Crippen LogP contribution in [0, 0.1) is 0 Å². The van der Waals surface area contributed by atoms with Gasteiger partial charge in [-0.2, -0.15) is 0 Å². The van der Waals surface area contributed by atoms with E-state index in [0.717, 1.165) is 0 Å². The summed E-state index contributed by atoms with van der Waals surface area (Å²) in [6.07, 6.45) is 0.653. The molecule has 0 saturated heterocycles. The molecule has 0 bridgehead atoms. The number of aliphatic hydroxyl groups is 1. The molecule has 0 fully saturated rings. The zero-order valence-corrected chi connectivity index (χ0v) is 10.1. The van der Waals surface area contributed by atoms with Crippen LogP contribution in [0.3, 0.4) is 0 Å². The highest BCUT2D eigenvalue weighted by molar-refractivity contribution is 6.00. The van der Waals surface area contributed by atoms with Gasteiger partial charge in [0.25, 0.3) is 0 Å². The Labute approximate surface area is 102 Å². The Hall–Kier alpha value is -1.39. The molecule has 1 aromatic rings. The minimum atomic E-state index is 0.00647. The van der Waals surface area contributed by atoms with E-state index >= 15 is 0 Å². The molecule has 0 aliphatic rings. The molecule has 94 valence electrons. The molecule has 0 heterocycles. The van der Waals surface area contributed by atoms with Gasteiger partial charge in [0.05, 0.1) is 18.7 Å². The molecule has 0 atom stereocenters. The standard InChI is InChI=1S/C13H19NO3/c1-2-17-13-7-4-3-6-11(13)12(16)10-14-8-5-9-15/h3-4,6-7,14-15H,2,5,8-10H2,1H3. The summed E-state index contributed by atoms with van der Waals surface area (Å²) in [5.41, 5.74) is 0.603. The molecule has 1 aromatic carbocycles. The first-order chi connectivity index (χ1) is 8.29. The van der Waals surface area contributed by atoms with E-state index in [2.05, 4.69) is 5.32 Å². The van der Waals surface area contributed by atoms with Gasteiger partial charge in [-0.3, -0.25) is 4.79 Å².